The van der Waals surface area contributed by atoms with Gasteiger partial charge in [0.25, 0.3) is 5.56 Å². The summed E-state index contributed by atoms with van der Waals surface area (Å²) in [5.74, 6) is 1.88. The molecular weight excluding hydrogens is 462 g/mol. The van der Waals surface area contributed by atoms with Crippen molar-refractivity contribution < 1.29 is 8.83 Å². The number of aromatic nitrogens is 2. The molecule has 35 heavy (non-hydrogen) atoms. The van der Waals surface area contributed by atoms with Crippen molar-refractivity contribution in [3.63, 3.8) is 0 Å². The summed E-state index contributed by atoms with van der Waals surface area (Å²) < 4.78 is 13.2. The Bertz CT molecular complexity index is 1780. The lowest BCUT2D eigenvalue weighted by molar-refractivity contribution is 0.573. The van der Waals surface area contributed by atoms with Gasteiger partial charge in [-0.25, -0.2) is 4.98 Å². The third kappa shape index (κ3) is 3.84. The average Bonchev–Trinajstić information content (AvgIpc) is 3.52. The summed E-state index contributed by atoms with van der Waals surface area (Å²) in [4.78, 5) is 18.1. The molecule has 3 aromatic heterocycles. The van der Waals surface area contributed by atoms with E-state index in [0.717, 1.165) is 16.5 Å². The molecule has 6 rings (SSSR count). The lowest BCUT2D eigenvalue weighted by Crippen LogP contribution is -2.20. The van der Waals surface area contributed by atoms with Crippen LogP contribution in [0.4, 0.5) is 0 Å². The molecule has 3 heterocycles. The number of nitrogens with zero attached hydrogens (tertiary/aromatic N) is 3. The molecule has 0 atom stereocenters. The number of hydrogen-bond acceptors (Lipinski definition) is 5. The largest absolute Gasteiger partial charge is 0.455 e. The van der Waals surface area contributed by atoms with Crippen molar-refractivity contribution in [2.45, 2.75) is 6.92 Å². The number of furan rings is 2. The smallest absolute Gasteiger partial charge is 0.282 e. The standard InChI is InChI=1S/C28H18ClN3O3/c1-17-10-11-19(14-22(17)29)25-13-12-20(34-25)16-30-32-27(26-15-18-6-2-5-9-24(18)35-26)31-23-8-4-3-7-21(23)28(32)33/h2-16H,1H3. The van der Waals surface area contributed by atoms with Gasteiger partial charge < -0.3 is 8.83 Å². The summed E-state index contributed by atoms with van der Waals surface area (Å²) in [5, 5.41) is 6.48. The van der Waals surface area contributed by atoms with E-state index in [1.54, 1.807) is 24.3 Å². The molecule has 0 saturated heterocycles. The van der Waals surface area contributed by atoms with Crippen molar-refractivity contribution in [3.05, 3.63) is 112 Å². The summed E-state index contributed by atoms with van der Waals surface area (Å²) in [6, 6.07) is 26.0. The Morgan fingerprint density at radius 2 is 1.74 bits per heavy atom. The summed E-state index contributed by atoms with van der Waals surface area (Å²) >= 11 is 6.26. The first-order valence-electron chi connectivity index (χ1n) is 11.0. The van der Waals surface area contributed by atoms with Gasteiger partial charge in [-0.1, -0.05) is 54.1 Å². The van der Waals surface area contributed by atoms with Crippen LogP contribution in [0.3, 0.4) is 0 Å². The van der Waals surface area contributed by atoms with E-state index in [0.29, 0.717) is 44.6 Å². The van der Waals surface area contributed by atoms with Crippen molar-refractivity contribution >= 4 is 39.7 Å². The molecule has 170 valence electrons. The molecule has 0 bridgehead atoms. The fourth-order valence-corrected chi connectivity index (χ4v) is 4.10. The highest BCUT2D eigenvalue weighted by atomic mass is 35.5. The van der Waals surface area contributed by atoms with E-state index in [1.807, 2.05) is 67.6 Å². The minimum atomic E-state index is -0.306. The second kappa shape index (κ2) is 8.42. The van der Waals surface area contributed by atoms with Crippen LogP contribution in [-0.4, -0.2) is 15.9 Å². The Kier molecular flexibility index (Phi) is 5.08. The van der Waals surface area contributed by atoms with Crippen molar-refractivity contribution in [1.29, 1.82) is 0 Å². The topological polar surface area (TPSA) is 73.5 Å². The highest BCUT2D eigenvalue weighted by Crippen LogP contribution is 2.28. The van der Waals surface area contributed by atoms with Gasteiger partial charge in [0.2, 0.25) is 5.82 Å². The predicted molar refractivity (Wildman–Crippen MR) is 138 cm³/mol. The van der Waals surface area contributed by atoms with Crippen LogP contribution in [0.15, 0.2) is 104 Å². The van der Waals surface area contributed by atoms with Crippen LogP contribution in [-0.2, 0) is 0 Å². The van der Waals surface area contributed by atoms with Gasteiger partial charge in [0, 0.05) is 16.0 Å². The monoisotopic (exact) mass is 479 g/mol. The van der Waals surface area contributed by atoms with Crippen LogP contribution in [0.25, 0.3) is 44.8 Å². The molecule has 0 aliphatic carbocycles. The predicted octanol–water partition coefficient (Wildman–Crippen LogP) is 6.91. The molecule has 0 fully saturated rings. The Balaban J connectivity index is 1.46. The number of hydrogen-bond donors (Lipinski definition) is 0. The number of halogens is 1. The highest BCUT2D eigenvalue weighted by molar-refractivity contribution is 6.31. The van der Waals surface area contributed by atoms with Crippen molar-refractivity contribution in [2.24, 2.45) is 5.10 Å². The molecule has 6 nitrogen and oxygen atoms in total. The van der Waals surface area contributed by atoms with Gasteiger partial charge in [0.05, 0.1) is 17.1 Å². The third-order valence-electron chi connectivity index (χ3n) is 5.78. The maximum absolute atomic E-state index is 13.4. The SMILES string of the molecule is Cc1ccc(-c2ccc(C=Nn3c(-c4cc5ccccc5o4)nc4ccccc4c3=O)o2)cc1Cl. The first-order chi connectivity index (χ1) is 17.1. The fourth-order valence-electron chi connectivity index (χ4n) is 3.92. The Hall–Kier alpha value is -4.42. The average molecular weight is 480 g/mol. The molecule has 0 radical (unpaired) electrons. The van der Waals surface area contributed by atoms with Gasteiger partial charge in [0.1, 0.15) is 17.1 Å². The molecule has 3 aromatic carbocycles. The Morgan fingerprint density at radius 3 is 2.60 bits per heavy atom. The van der Waals surface area contributed by atoms with Crippen molar-refractivity contribution in [2.75, 3.05) is 0 Å². The van der Waals surface area contributed by atoms with Gasteiger partial charge in [-0.05, 0) is 55.0 Å². The first-order valence-corrected chi connectivity index (χ1v) is 11.4. The molecule has 0 aliphatic rings. The molecule has 7 heteroatoms. The maximum atomic E-state index is 13.4. The Labute approximate surface area is 204 Å². The fraction of sp³-hybridized carbons (Fsp3) is 0.0357. The summed E-state index contributed by atoms with van der Waals surface area (Å²) in [7, 11) is 0. The van der Waals surface area contributed by atoms with Crippen LogP contribution < -0.4 is 5.56 Å². The van der Waals surface area contributed by atoms with E-state index >= 15 is 0 Å². The van der Waals surface area contributed by atoms with Gasteiger partial charge >= 0.3 is 0 Å². The second-order valence-corrected chi connectivity index (χ2v) is 8.54. The van der Waals surface area contributed by atoms with Crippen LogP contribution in [0.1, 0.15) is 11.3 Å². The molecule has 0 unspecified atom stereocenters. The van der Waals surface area contributed by atoms with Gasteiger partial charge in [-0.15, -0.1) is 0 Å². The number of para-hydroxylation sites is 2. The number of fused-ring (bicyclic) bond motifs is 2. The third-order valence-corrected chi connectivity index (χ3v) is 6.19. The molecule has 6 aromatic rings. The van der Waals surface area contributed by atoms with E-state index in [-0.39, 0.29) is 5.56 Å². The minimum absolute atomic E-state index is 0.304. The van der Waals surface area contributed by atoms with Crippen molar-refractivity contribution in [3.8, 4) is 22.9 Å². The number of benzene rings is 3. The van der Waals surface area contributed by atoms with E-state index in [2.05, 4.69) is 5.10 Å². The summed E-state index contributed by atoms with van der Waals surface area (Å²) in [6.07, 6.45) is 1.49. The molecule has 0 aliphatic heterocycles. The summed E-state index contributed by atoms with van der Waals surface area (Å²) in [6.45, 7) is 1.95. The molecule has 0 N–H and O–H groups in total. The van der Waals surface area contributed by atoms with E-state index in [4.69, 9.17) is 25.4 Å². The molecule has 0 saturated carbocycles. The zero-order valence-electron chi connectivity index (χ0n) is 18.6. The van der Waals surface area contributed by atoms with Crippen molar-refractivity contribution in [1.82, 2.24) is 9.66 Å². The van der Waals surface area contributed by atoms with Gasteiger partial charge in [0.15, 0.2) is 5.76 Å². The lowest BCUT2D eigenvalue weighted by atomic mass is 10.1. The van der Waals surface area contributed by atoms with Crippen LogP contribution in [0.2, 0.25) is 5.02 Å². The quantitative estimate of drug-likeness (QED) is 0.257. The Morgan fingerprint density at radius 1 is 0.914 bits per heavy atom. The van der Waals surface area contributed by atoms with Crippen LogP contribution >= 0.6 is 11.6 Å². The van der Waals surface area contributed by atoms with E-state index in [9.17, 15) is 4.79 Å². The molecule has 0 spiro atoms. The molecule has 0 amide bonds. The zero-order chi connectivity index (χ0) is 23.9. The number of aryl methyl sites for hydroxylation is 1. The van der Waals surface area contributed by atoms with Gasteiger partial charge in [-0.3, -0.25) is 4.79 Å². The van der Waals surface area contributed by atoms with E-state index < -0.39 is 0 Å². The zero-order valence-corrected chi connectivity index (χ0v) is 19.4. The normalized spacial score (nSPS) is 11.7. The summed E-state index contributed by atoms with van der Waals surface area (Å²) in [5.41, 5.74) is 2.81. The molecular formula is C28H18ClN3O3. The first kappa shape index (κ1) is 21.1. The van der Waals surface area contributed by atoms with Crippen LogP contribution in [0.5, 0.6) is 0 Å². The van der Waals surface area contributed by atoms with E-state index in [1.165, 1.54) is 10.9 Å². The highest BCUT2D eigenvalue weighted by Gasteiger charge is 2.16. The lowest BCUT2D eigenvalue weighted by Gasteiger charge is -2.06. The van der Waals surface area contributed by atoms with Gasteiger partial charge in [-0.2, -0.15) is 9.78 Å². The maximum Gasteiger partial charge on any atom is 0.282 e. The number of rotatable bonds is 4. The van der Waals surface area contributed by atoms with Crippen LogP contribution in [0, 0.1) is 6.92 Å². The second-order valence-electron chi connectivity index (χ2n) is 8.13. The minimum Gasteiger partial charge on any atom is -0.455 e.